The molecule has 0 spiro atoms. The zero-order chi connectivity index (χ0) is 12.1. The van der Waals surface area contributed by atoms with Crippen LogP contribution < -0.4 is 5.32 Å². The highest BCUT2D eigenvalue weighted by molar-refractivity contribution is 5.63. The van der Waals surface area contributed by atoms with Gasteiger partial charge in [-0.3, -0.25) is 19.9 Å². The highest BCUT2D eigenvalue weighted by Gasteiger charge is 2.38. The molecule has 0 amide bonds. The molecule has 1 N–H and O–H groups in total. The van der Waals surface area contributed by atoms with Crippen LogP contribution in [0, 0.1) is 0 Å². The topological polar surface area (TPSA) is 35.6 Å². The first-order valence-corrected chi connectivity index (χ1v) is 5.54. The van der Waals surface area contributed by atoms with Gasteiger partial charge in [0.15, 0.2) is 5.79 Å². The minimum atomic E-state index is -0.808. The van der Waals surface area contributed by atoms with Gasteiger partial charge in [-0.1, -0.05) is 13.8 Å². The summed E-state index contributed by atoms with van der Waals surface area (Å²) in [5, 5.41) is 3.27. The van der Waals surface area contributed by atoms with E-state index in [4.69, 9.17) is 0 Å². The number of nitrogens with zero attached hydrogens (tertiary/aromatic N) is 2. The van der Waals surface area contributed by atoms with E-state index in [0.29, 0.717) is 0 Å². The van der Waals surface area contributed by atoms with Crippen molar-refractivity contribution < 1.29 is 4.79 Å². The number of rotatable bonds is 7. The quantitative estimate of drug-likeness (QED) is 0.631. The molecule has 1 radical (unpaired) electrons. The zero-order valence-electron chi connectivity index (χ0n) is 10.8. The molecule has 0 rings (SSSR count). The van der Waals surface area contributed by atoms with Gasteiger partial charge in [-0.15, -0.1) is 0 Å². The molecule has 0 aliphatic rings. The van der Waals surface area contributed by atoms with Crippen molar-refractivity contribution >= 4 is 6.29 Å². The zero-order valence-corrected chi connectivity index (χ0v) is 10.8. The number of hydrogen-bond acceptors (Lipinski definition) is 4. The summed E-state index contributed by atoms with van der Waals surface area (Å²) in [6, 6.07) is 0.231. The van der Waals surface area contributed by atoms with E-state index in [1.165, 1.54) is 0 Å². The average molecular weight is 214 g/mol. The molecule has 0 saturated heterocycles. The van der Waals surface area contributed by atoms with Crippen LogP contribution in [-0.4, -0.2) is 55.1 Å². The van der Waals surface area contributed by atoms with Crippen molar-refractivity contribution in [2.45, 2.75) is 39.5 Å². The van der Waals surface area contributed by atoms with Gasteiger partial charge in [-0.2, -0.15) is 0 Å². The van der Waals surface area contributed by atoms with Gasteiger partial charge in [-0.25, -0.2) is 0 Å². The Morgan fingerprint density at radius 3 is 1.93 bits per heavy atom. The first kappa shape index (κ1) is 14.6. The first-order valence-electron chi connectivity index (χ1n) is 5.54. The molecule has 0 aromatic rings. The lowest BCUT2D eigenvalue weighted by atomic mass is 10.2. The summed E-state index contributed by atoms with van der Waals surface area (Å²) < 4.78 is 0. The van der Waals surface area contributed by atoms with E-state index in [1.54, 1.807) is 0 Å². The van der Waals surface area contributed by atoms with Crippen molar-refractivity contribution in [3.8, 4) is 0 Å². The Labute approximate surface area is 93.6 Å². The van der Waals surface area contributed by atoms with E-state index in [9.17, 15) is 4.79 Å². The van der Waals surface area contributed by atoms with Gasteiger partial charge < -0.3 is 0 Å². The molecule has 0 aliphatic heterocycles. The summed E-state index contributed by atoms with van der Waals surface area (Å²) in [7, 11) is 3.78. The van der Waals surface area contributed by atoms with E-state index < -0.39 is 5.79 Å². The largest absolute Gasteiger partial charge is 0.285 e. The minimum Gasteiger partial charge on any atom is -0.285 e. The van der Waals surface area contributed by atoms with Crippen LogP contribution in [0.1, 0.15) is 27.7 Å². The Kier molecular flexibility index (Phi) is 6.02. The van der Waals surface area contributed by atoms with E-state index in [1.807, 2.05) is 46.7 Å². The fourth-order valence-corrected chi connectivity index (χ4v) is 1.77. The van der Waals surface area contributed by atoms with Crippen molar-refractivity contribution in [3.05, 3.63) is 0 Å². The Morgan fingerprint density at radius 2 is 1.73 bits per heavy atom. The second-order valence-corrected chi connectivity index (χ2v) is 4.14. The van der Waals surface area contributed by atoms with Crippen LogP contribution in [0.25, 0.3) is 0 Å². The lowest BCUT2D eigenvalue weighted by Gasteiger charge is -2.44. The van der Waals surface area contributed by atoms with E-state index in [-0.39, 0.29) is 6.04 Å². The van der Waals surface area contributed by atoms with Gasteiger partial charge >= 0.3 is 0 Å². The molecule has 15 heavy (non-hydrogen) atoms. The van der Waals surface area contributed by atoms with Gasteiger partial charge in [0, 0.05) is 6.04 Å². The fourth-order valence-electron chi connectivity index (χ4n) is 1.77. The van der Waals surface area contributed by atoms with Crippen LogP contribution in [0.3, 0.4) is 0 Å². The Balaban J connectivity index is 5.03. The third-order valence-corrected chi connectivity index (χ3v) is 2.50. The maximum Gasteiger partial charge on any atom is 0.253 e. The van der Waals surface area contributed by atoms with Gasteiger partial charge in [0.1, 0.15) is 0 Å². The van der Waals surface area contributed by atoms with E-state index in [2.05, 4.69) is 16.5 Å². The summed E-state index contributed by atoms with van der Waals surface area (Å²) in [5.41, 5.74) is 0. The maximum atomic E-state index is 11.3. The fraction of sp³-hybridized carbons (Fsp3) is 0.909. The summed E-state index contributed by atoms with van der Waals surface area (Å²) in [5.74, 6) is -0.808. The monoisotopic (exact) mass is 214 g/mol. The van der Waals surface area contributed by atoms with E-state index in [0.717, 1.165) is 13.1 Å². The highest BCUT2D eigenvalue weighted by Crippen LogP contribution is 2.13. The molecule has 0 aromatic carbocycles. The van der Waals surface area contributed by atoms with Crippen LogP contribution in [0.15, 0.2) is 0 Å². The van der Waals surface area contributed by atoms with Gasteiger partial charge in [0.2, 0.25) is 0 Å². The molecule has 4 nitrogen and oxygen atoms in total. The average Bonchev–Trinajstić information content (AvgIpc) is 2.16. The molecule has 0 heterocycles. The Bertz CT molecular complexity index is 190. The van der Waals surface area contributed by atoms with Crippen molar-refractivity contribution in [1.82, 2.24) is 15.1 Å². The van der Waals surface area contributed by atoms with Crippen molar-refractivity contribution in [1.29, 1.82) is 0 Å². The lowest BCUT2D eigenvalue weighted by Crippen LogP contribution is -2.69. The van der Waals surface area contributed by atoms with Gasteiger partial charge in [0.05, 0.1) is 0 Å². The van der Waals surface area contributed by atoms with Crippen LogP contribution >= 0.6 is 0 Å². The SMILES string of the molecule is CCN(CC)C([C]=O)(NC(C)C)N(C)C. The minimum absolute atomic E-state index is 0.231. The van der Waals surface area contributed by atoms with Crippen molar-refractivity contribution in [2.24, 2.45) is 0 Å². The number of carbonyl (C=O) groups excluding carboxylic acids is 1. The summed E-state index contributed by atoms with van der Waals surface area (Å²) in [6.07, 6.45) is 2.14. The second-order valence-electron chi connectivity index (χ2n) is 4.14. The standard InChI is InChI=1S/C11H24N3O/c1-7-14(8-2)11(9-15,13(5)6)12-10(3)4/h10,12H,7-8H2,1-6H3. The molecule has 0 saturated carbocycles. The third kappa shape index (κ3) is 3.26. The number of nitrogens with one attached hydrogen (secondary N) is 1. The predicted molar refractivity (Wildman–Crippen MR) is 63.3 cm³/mol. The summed E-state index contributed by atoms with van der Waals surface area (Å²) >= 11 is 0. The molecule has 4 heteroatoms. The lowest BCUT2D eigenvalue weighted by molar-refractivity contribution is -0.00277. The molecule has 1 atom stereocenters. The van der Waals surface area contributed by atoms with Gasteiger partial charge in [0.25, 0.3) is 6.29 Å². The summed E-state index contributed by atoms with van der Waals surface area (Å²) in [4.78, 5) is 15.2. The van der Waals surface area contributed by atoms with Crippen molar-refractivity contribution in [2.75, 3.05) is 27.2 Å². The van der Waals surface area contributed by atoms with Crippen LogP contribution in [0.2, 0.25) is 0 Å². The molecular formula is C11H24N3O. The third-order valence-electron chi connectivity index (χ3n) is 2.50. The van der Waals surface area contributed by atoms with E-state index >= 15 is 0 Å². The Morgan fingerprint density at radius 1 is 1.27 bits per heavy atom. The van der Waals surface area contributed by atoms with Crippen LogP contribution in [0.4, 0.5) is 0 Å². The summed E-state index contributed by atoms with van der Waals surface area (Å²) in [6.45, 7) is 9.76. The molecule has 0 aliphatic carbocycles. The maximum absolute atomic E-state index is 11.3. The second kappa shape index (κ2) is 6.20. The van der Waals surface area contributed by atoms with Gasteiger partial charge in [-0.05, 0) is 41.0 Å². The normalized spacial score (nSPS) is 16.1. The highest BCUT2D eigenvalue weighted by atomic mass is 16.1. The number of likely N-dealkylation sites (N-methyl/N-ethyl adjacent to an activating group) is 2. The number of hydrogen-bond donors (Lipinski definition) is 1. The van der Waals surface area contributed by atoms with Crippen LogP contribution in [0.5, 0.6) is 0 Å². The first-order chi connectivity index (χ1) is 6.94. The molecule has 89 valence electrons. The smallest absolute Gasteiger partial charge is 0.253 e. The molecule has 1 unspecified atom stereocenters. The molecule has 0 bridgehead atoms. The molecule has 0 fully saturated rings. The van der Waals surface area contributed by atoms with Crippen LogP contribution in [-0.2, 0) is 4.79 Å². The van der Waals surface area contributed by atoms with Crippen molar-refractivity contribution in [3.63, 3.8) is 0 Å². The molecule has 0 aromatic heterocycles. The predicted octanol–water partition coefficient (Wildman–Crippen LogP) is 0.651. The Hall–Kier alpha value is -0.450. The molecular weight excluding hydrogens is 190 g/mol.